The number of rotatable bonds is 6. The summed E-state index contributed by atoms with van der Waals surface area (Å²) >= 11 is 1.84. The van der Waals surface area contributed by atoms with E-state index in [1.165, 1.54) is 12.1 Å². The number of hydrogen-bond donors (Lipinski definition) is 2. The van der Waals surface area contributed by atoms with Gasteiger partial charge in [0, 0.05) is 16.5 Å². The zero-order valence-electron chi connectivity index (χ0n) is 23.5. The summed E-state index contributed by atoms with van der Waals surface area (Å²) < 4.78 is 47.5. The van der Waals surface area contributed by atoms with Gasteiger partial charge in [0.15, 0.2) is 6.61 Å². The molecule has 2 aliphatic rings. The first-order valence-corrected chi connectivity index (χ1v) is 15.7. The highest BCUT2D eigenvalue weighted by molar-refractivity contribution is 8.00. The fourth-order valence-electron chi connectivity index (χ4n) is 5.93. The minimum absolute atomic E-state index is 0.293. The molecule has 0 bridgehead atoms. The van der Waals surface area contributed by atoms with Crippen LogP contribution in [0.1, 0.15) is 21.9 Å². The molecule has 2 aliphatic heterocycles. The molecule has 46 heavy (non-hydrogen) atoms. The van der Waals surface area contributed by atoms with Crippen molar-refractivity contribution in [2.45, 2.75) is 22.4 Å². The van der Waals surface area contributed by atoms with Crippen LogP contribution in [-0.4, -0.2) is 34.6 Å². The van der Waals surface area contributed by atoms with E-state index in [0.717, 1.165) is 46.0 Å². The van der Waals surface area contributed by atoms with Crippen molar-refractivity contribution < 1.29 is 32.3 Å². The maximum absolute atomic E-state index is 13.9. The highest BCUT2D eigenvalue weighted by Gasteiger charge is 2.57. The van der Waals surface area contributed by atoms with Gasteiger partial charge in [-0.2, -0.15) is 13.2 Å². The number of fused-ring (bicyclic) bond motifs is 3. The number of thiazole rings is 1. The number of amides is 3. The quantitative estimate of drug-likeness (QED) is 0.203. The highest BCUT2D eigenvalue weighted by atomic mass is 32.2. The van der Waals surface area contributed by atoms with Gasteiger partial charge in [-0.05, 0) is 52.7 Å². The van der Waals surface area contributed by atoms with Gasteiger partial charge in [0.05, 0.1) is 22.2 Å². The van der Waals surface area contributed by atoms with Crippen LogP contribution in [0.4, 0.5) is 24.5 Å². The summed E-state index contributed by atoms with van der Waals surface area (Å²) in [5, 5.41) is 4.10. The molecule has 7 rings (SSSR count). The van der Waals surface area contributed by atoms with Gasteiger partial charge in [-0.3, -0.25) is 19.2 Å². The summed E-state index contributed by atoms with van der Waals surface area (Å²) in [6, 6.07) is 24.3. The van der Waals surface area contributed by atoms with E-state index in [1.54, 1.807) is 30.3 Å². The monoisotopic (exact) mass is 661 g/mol. The fourth-order valence-corrected chi connectivity index (χ4v) is 8.45. The zero-order chi connectivity index (χ0) is 32.2. The van der Waals surface area contributed by atoms with Gasteiger partial charge in [0.25, 0.3) is 5.91 Å². The molecule has 0 unspecified atom stereocenters. The van der Waals surface area contributed by atoms with Crippen molar-refractivity contribution in [1.82, 2.24) is 4.98 Å². The Kier molecular flexibility index (Phi) is 7.44. The average Bonchev–Trinajstić information content (AvgIpc) is 3.53. The van der Waals surface area contributed by atoms with Gasteiger partial charge >= 0.3 is 11.0 Å². The second kappa shape index (κ2) is 11.5. The molecule has 1 fully saturated rings. The summed E-state index contributed by atoms with van der Waals surface area (Å²) in [7, 11) is 0. The van der Waals surface area contributed by atoms with E-state index in [4.69, 9.17) is 4.74 Å². The molecule has 1 aromatic heterocycles. The first kappa shape index (κ1) is 29.8. The van der Waals surface area contributed by atoms with E-state index in [0.29, 0.717) is 31.8 Å². The van der Waals surface area contributed by atoms with Crippen LogP contribution < -0.4 is 19.8 Å². The number of benzene rings is 4. The molecule has 0 spiro atoms. The van der Waals surface area contributed by atoms with Crippen molar-refractivity contribution in [3.63, 3.8) is 0 Å². The number of ether oxygens (including phenoxy) is 1. The topological polar surface area (TPSA) is 109 Å². The molecule has 2 N–H and O–H groups in total. The minimum Gasteiger partial charge on any atom is -0.484 e. The molecule has 3 heterocycles. The molecule has 0 saturated carbocycles. The summed E-state index contributed by atoms with van der Waals surface area (Å²) in [5.74, 6) is -3.63. The SMILES string of the molecule is O=C(COc1cccc([C@@H]2c3sc(=O)[nH]c3S[C@H]3C(=O)N(c4ccccc4C(F)(F)F)C(=O)[C@@H]23)c1)Nc1ccc2ccccc2c1. The number of thioether (sulfide) groups is 1. The van der Waals surface area contributed by atoms with Gasteiger partial charge < -0.3 is 15.0 Å². The molecular weight excluding hydrogens is 640 g/mol. The molecule has 5 aromatic rings. The van der Waals surface area contributed by atoms with Crippen molar-refractivity contribution >= 4 is 63.0 Å². The van der Waals surface area contributed by atoms with E-state index in [-0.39, 0.29) is 11.5 Å². The number of carbonyl (C=O) groups excluding carboxylic acids is 3. The number of aromatic nitrogens is 1. The Labute approximate surface area is 267 Å². The van der Waals surface area contributed by atoms with E-state index < -0.39 is 52.2 Å². The Morgan fingerprint density at radius 2 is 1.65 bits per heavy atom. The van der Waals surface area contributed by atoms with Crippen LogP contribution in [0, 0.1) is 5.92 Å². The van der Waals surface area contributed by atoms with Gasteiger partial charge in [0.2, 0.25) is 11.8 Å². The van der Waals surface area contributed by atoms with E-state index in [2.05, 4.69) is 10.3 Å². The molecule has 0 radical (unpaired) electrons. The number of hydrogen-bond acceptors (Lipinski definition) is 7. The number of anilines is 2. The summed E-state index contributed by atoms with van der Waals surface area (Å²) in [6.07, 6.45) is -4.80. The number of alkyl halides is 3. The van der Waals surface area contributed by atoms with Crippen molar-refractivity contribution in [3.05, 3.63) is 117 Å². The average molecular weight is 662 g/mol. The first-order valence-electron chi connectivity index (χ1n) is 14.0. The largest absolute Gasteiger partial charge is 0.484 e. The van der Waals surface area contributed by atoms with E-state index in [1.807, 2.05) is 36.4 Å². The smallest absolute Gasteiger partial charge is 0.418 e. The lowest BCUT2D eigenvalue weighted by molar-refractivity contribution is -0.137. The van der Waals surface area contributed by atoms with Crippen LogP contribution in [-0.2, 0) is 20.6 Å². The first-order chi connectivity index (χ1) is 22.1. The maximum atomic E-state index is 13.9. The summed E-state index contributed by atoms with van der Waals surface area (Å²) in [4.78, 5) is 56.1. The number of para-hydroxylation sites is 1. The second-order valence-corrected chi connectivity index (χ2v) is 12.9. The number of nitrogens with one attached hydrogen (secondary N) is 2. The molecule has 0 aliphatic carbocycles. The third-order valence-electron chi connectivity index (χ3n) is 7.89. The standard InChI is InChI=1S/C33H22F3N3O5S2/c34-33(35,36)22-10-3-4-11-23(22)39-30(41)26-25(27-29(38-32(43)46-27)45-28(26)31(39)42)19-8-5-9-21(15-19)44-16-24(40)37-20-13-12-17-6-1-2-7-18(17)14-20/h1-15,25-26,28H,16H2,(H,37,40)(H,38,43)/t25-,26-,28+/m0/s1. The fraction of sp³-hybridized carbons (Fsp3) is 0.152. The molecule has 8 nitrogen and oxygen atoms in total. The number of aromatic amines is 1. The lowest BCUT2D eigenvalue weighted by atomic mass is 9.83. The molecule has 13 heteroatoms. The van der Waals surface area contributed by atoms with Crippen LogP contribution >= 0.6 is 23.1 Å². The van der Waals surface area contributed by atoms with Crippen LogP contribution in [0.3, 0.4) is 0 Å². The van der Waals surface area contributed by atoms with Crippen molar-refractivity contribution in [2.75, 3.05) is 16.8 Å². The Bertz CT molecular complexity index is 2090. The Morgan fingerprint density at radius 1 is 0.891 bits per heavy atom. The summed E-state index contributed by atoms with van der Waals surface area (Å²) in [5.41, 5.74) is -0.531. The van der Waals surface area contributed by atoms with Crippen LogP contribution in [0.5, 0.6) is 5.75 Å². The number of H-pyrrole nitrogens is 1. The van der Waals surface area contributed by atoms with Crippen molar-refractivity contribution in [1.29, 1.82) is 0 Å². The molecule has 3 atom stereocenters. The van der Waals surface area contributed by atoms with E-state index in [9.17, 15) is 32.3 Å². The van der Waals surface area contributed by atoms with E-state index >= 15 is 0 Å². The third kappa shape index (κ3) is 5.35. The van der Waals surface area contributed by atoms with Crippen LogP contribution in [0.2, 0.25) is 0 Å². The normalized spacial score (nSPS) is 19.2. The third-order valence-corrected chi connectivity index (χ3v) is 10.3. The van der Waals surface area contributed by atoms with Crippen LogP contribution in [0.15, 0.2) is 101 Å². The minimum atomic E-state index is -4.80. The molecule has 232 valence electrons. The second-order valence-electron chi connectivity index (χ2n) is 10.7. The Hall–Kier alpha value is -4.88. The molecule has 3 amide bonds. The predicted molar refractivity (Wildman–Crippen MR) is 168 cm³/mol. The maximum Gasteiger partial charge on any atom is 0.418 e. The summed E-state index contributed by atoms with van der Waals surface area (Å²) in [6.45, 7) is -0.328. The van der Waals surface area contributed by atoms with Crippen molar-refractivity contribution in [2.24, 2.45) is 5.92 Å². The van der Waals surface area contributed by atoms with Gasteiger partial charge in [-0.25, -0.2) is 4.90 Å². The lowest BCUT2D eigenvalue weighted by Gasteiger charge is -2.30. The number of imide groups is 1. The highest BCUT2D eigenvalue weighted by Crippen LogP contribution is 2.54. The molecule has 4 aromatic carbocycles. The number of nitrogens with zero attached hydrogens (tertiary/aromatic N) is 1. The number of halogens is 3. The number of carbonyl (C=O) groups is 3. The van der Waals surface area contributed by atoms with Crippen molar-refractivity contribution in [3.8, 4) is 5.75 Å². The van der Waals surface area contributed by atoms with Gasteiger partial charge in [0.1, 0.15) is 11.0 Å². The van der Waals surface area contributed by atoms with Crippen LogP contribution in [0.25, 0.3) is 10.8 Å². The van der Waals surface area contributed by atoms with Gasteiger partial charge in [-0.1, -0.05) is 77.7 Å². The Morgan fingerprint density at radius 3 is 2.46 bits per heavy atom. The zero-order valence-corrected chi connectivity index (χ0v) is 25.2. The predicted octanol–water partition coefficient (Wildman–Crippen LogP) is 6.42. The molecular formula is C33H22F3N3O5S2. The Balaban J connectivity index is 1.17. The lowest BCUT2D eigenvalue weighted by Crippen LogP contribution is -2.33. The van der Waals surface area contributed by atoms with Gasteiger partial charge in [-0.15, -0.1) is 0 Å². The molecule has 1 saturated heterocycles.